The van der Waals surface area contributed by atoms with Crippen LogP contribution in [0.3, 0.4) is 0 Å². The number of hydrogen-bond acceptors (Lipinski definition) is 4. The van der Waals surface area contributed by atoms with E-state index in [0.29, 0.717) is 12.1 Å². The Morgan fingerprint density at radius 2 is 1.72 bits per heavy atom. The molecule has 0 aliphatic carbocycles. The first-order valence-electron chi connectivity index (χ1n) is 9.30. The molecule has 0 spiro atoms. The lowest BCUT2D eigenvalue weighted by Crippen LogP contribution is -2.37. The van der Waals surface area contributed by atoms with E-state index in [0.717, 1.165) is 21.1 Å². The molecule has 1 N–H and O–H groups in total. The maximum atomic E-state index is 12.5. The minimum absolute atomic E-state index is 0.0361. The fourth-order valence-corrected chi connectivity index (χ4v) is 4.11. The molecule has 1 aliphatic heterocycles. The van der Waals surface area contributed by atoms with Crippen molar-refractivity contribution in [2.45, 2.75) is 31.2 Å². The summed E-state index contributed by atoms with van der Waals surface area (Å²) in [5, 5.41) is 2.87. The number of rotatable bonds is 5. The minimum atomic E-state index is -3.54. The fraction of sp³-hybridized carbons (Fsp3) is 0.333. The van der Waals surface area contributed by atoms with Crippen molar-refractivity contribution in [3.05, 3.63) is 59.2 Å². The van der Waals surface area contributed by atoms with Crippen LogP contribution in [-0.4, -0.2) is 51.2 Å². The first kappa shape index (κ1) is 21.0. The van der Waals surface area contributed by atoms with Crippen LogP contribution in [0.5, 0.6) is 0 Å². The Labute approximate surface area is 171 Å². The molecule has 0 unspecified atom stereocenters. The smallest absolute Gasteiger partial charge is 0.251 e. The number of carbonyl (C=O) groups is 2. The SMILES string of the molecule is Cc1ccc(N2C[C@H](NC(=O)c3ccc(S(=O)(=O)N(C)C)cc3)CC2=O)cc1C. The van der Waals surface area contributed by atoms with Crippen LogP contribution in [0.15, 0.2) is 47.4 Å². The summed E-state index contributed by atoms with van der Waals surface area (Å²) in [6, 6.07) is 11.3. The number of carbonyl (C=O) groups excluding carboxylic acids is 2. The fourth-order valence-electron chi connectivity index (χ4n) is 3.21. The molecule has 0 saturated carbocycles. The van der Waals surface area contributed by atoms with Gasteiger partial charge in [0, 0.05) is 38.3 Å². The Kier molecular flexibility index (Phi) is 5.77. The van der Waals surface area contributed by atoms with Gasteiger partial charge in [0.1, 0.15) is 0 Å². The predicted octanol–water partition coefficient (Wildman–Crippen LogP) is 2.09. The van der Waals surface area contributed by atoms with Gasteiger partial charge >= 0.3 is 0 Å². The summed E-state index contributed by atoms with van der Waals surface area (Å²) in [7, 11) is -0.638. The topological polar surface area (TPSA) is 86.8 Å². The highest BCUT2D eigenvalue weighted by Crippen LogP contribution is 2.24. The van der Waals surface area contributed by atoms with Gasteiger partial charge in [-0.1, -0.05) is 6.07 Å². The molecule has 1 heterocycles. The van der Waals surface area contributed by atoms with Crippen molar-refractivity contribution in [2.75, 3.05) is 25.5 Å². The molecule has 7 nitrogen and oxygen atoms in total. The molecule has 2 amide bonds. The summed E-state index contributed by atoms with van der Waals surface area (Å²) in [4.78, 5) is 26.8. The largest absolute Gasteiger partial charge is 0.347 e. The summed E-state index contributed by atoms with van der Waals surface area (Å²) < 4.78 is 25.4. The van der Waals surface area contributed by atoms with Crippen LogP contribution in [-0.2, 0) is 14.8 Å². The molecule has 154 valence electrons. The standard InChI is InChI=1S/C21H25N3O4S/c1-14-5-8-18(11-15(14)2)24-13-17(12-20(24)25)22-21(26)16-6-9-19(10-7-16)29(27,28)23(3)4/h5-11,17H,12-13H2,1-4H3,(H,22,26)/t17-/m1/s1. The van der Waals surface area contributed by atoms with E-state index in [-0.39, 0.29) is 29.2 Å². The summed E-state index contributed by atoms with van der Waals surface area (Å²) in [5.41, 5.74) is 3.44. The summed E-state index contributed by atoms with van der Waals surface area (Å²) in [5.74, 6) is -0.371. The van der Waals surface area contributed by atoms with Crippen LogP contribution in [0.1, 0.15) is 27.9 Å². The number of nitrogens with zero attached hydrogens (tertiary/aromatic N) is 2. The van der Waals surface area contributed by atoms with Gasteiger partial charge in [-0.25, -0.2) is 12.7 Å². The second kappa shape index (κ2) is 7.96. The van der Waals surface area contributed by atoms with Gasteiger partial charge in [0.25, 0.3) is 5.91 Å². The minimum Gasteiger partial charge on any atom is -0.347 e. The third kappa shape index (κ3) is 4.33. The first-order valence-corrected chi connectivity index (χ1v) is 10.7. The van der Waals surface area contributed by atoms with Crippen molar-refractivity contribution < 1.29 is 18.0 Å². The molecule has 2 aromatic carbocycles. The van der Waals surface area contributed by atoms with Crippen LogP contribution in [0, 0.1) is 13.8 Å². The van der Waals surface area contributed by atoms with E-state index in [1.165, 1.54) is 38.4 Å². The number of aryl methyl sites for hydroxylation is 2. The Morgan fingerprint density at radius 1 is 1.07 bits per heavy atom. The van der Waals surface area contributed by atoms with Gasteiger partial charge in [0.05, 0.1) is 10.9 Å². The van der Waals surface area contributed by atoms with E-state index < -0.39 is 10.0 Å². The summed E-state index contributed by atoms with van der Waals surface area (Å²) >= 11 is 0. The molecule has 1 aliphatic rings. The highest BCUT2D eigenvalue weighted by molar-refractivity contribution is 7.89. The van der Waals surface area contributed by atoms with Crippen molar-refractivity contribution in [3.63, 3.8) is 0 Å². The highest BCUT2D eigenvalue weighted by atomic mass is 32.2. The van der Waals surface area contributed by atoms with Crippen molar-refractivity contribution in [1.29, 1.82) is 0 Å². The number of anilines is 1. The quantitative estimate of drug-likeness (QED) is 0.810. The number of benzene rings is 2. The van der Waals surface area contributed by atoms with Crippen molar-refractivity contribution in [1.82, 2.24) is 9.62 Å². The molecule has 0 bridgehead atoms. The first-order chi connectivity index (χ1) is 13.6. The molecule has 2 aromatic rings. The van der Waals surface area contributed by atoms with Gasteiger partial charge in [-0.05, 0) is 61.4 Å². The zero-order valence-corrected chi connectivity index (χ0v) is 17.8. The van der Waals surface area contributed by atoms with Crippen LogP contribution in [0.25, 0.3) is 0 Å². The van der Waals surface area contributed by atoms with E-state index >= 15 is 0 Å². The lowest BCUT2D eigenvalue weighted by atomic mass is 10.1. The molecular weight excluding hydrogens is 390 g/mol. The van der Waals surface area contributed by atoms with Crippen LogP contribution in [0.4, 0.5) is 5.69 Å². The maximum absolute atomic E-state index is 12.5. The summed E-state index contributed by atoms with van der Waals surface area (Å²) in [6.45, 7) is 4.42. The van der Waals surface area contributed by atoms with Gasteiger partial charge in [-0.15, -0.1) is 0 Å². The Bertz CT molecular complexity index is 1050. The molecular formula is C21H25N3O4S. The average Bonchev–Trinajstić information content (AvgIpc) is 3.04. The Balaban J connectivity index is 1.68. The van der Waals surface area contributed by atoms with Crippen LogP contribution < -0.4 is 10.2 Å². The van der Waals surface area contributed by atoms with Gasteiger partial charge in [-0.2, -0.15) is 0 Å². The molecule has 1 atom stereocenters. The molecule has 8 heteroatoms. The van der Waals surface area contributed by atoms with E-state index in [1.54, 1.807) is 4.90 Å². The number of nitrogens with one attached hydrogen (secondary N) is 1. The molecule has 1 fully saturated rings. The maximum Gasteiger partial charge on any atom is 0.251 e. The van der Waals surface area contributed by atoms with Crippen LogP contribution in [0.2, 0.25) is 0 Å². The van der Waals surface area contributed by atoms with Crippen molar-refractivity contribution in [3.8, 4) is 0 Å². The van der Waals surface area contributed by atoms with E-state index in [1.807, 2.05) is 32.0 Å². The lowest BCUT2D eigenvalue weighted by Gasteiger charge is -2.18. The van der Waals surface area contributed by atoms with Crippen LogP contribution >= 0.6 is 0 Å². The summed E-state index contributed by atoms with van der Waals surface area (Å²) in [6.07, 6.45) is 0.228. The zero-order chi connectivity index (χ0) is 21.3. The Morgan fingerprint density at radius 3 is 2.31 bits per heavy atom. The average molecular weight is 416 g/mol. The van der Waals surface area contributed by atoms with E-state index in [4.69, 9.17) is 0 Å². The third-order valence-corrected chi connectivity index (χ3v) is 6.99. The normalized spacial score (nSPS) is 17.1. The predicted molar refractivity (Wildman–Crippen MR) is 111 cm³/mol. The highest BCUT2D eigenvalue weighted by Gasteiger charge is 2.32. The second-order valence-electron chi connectivity index (χ2n) is 7.46. The van der Waals surface area contributed by atoms with Gasteiger partial charge in [0.15, 0.2) is 0 Å². The molecule has 3 rings (SSSR count). The molecule has 0 radical (unpaired) electrons. The number of amides is 2. The molecule has 1 saturated heterocycles. The van der Waals surface area contributed by atoms with Gasteiger partial charge in [0.2, 0.25) is 15.9 Å². The number of sulfonamides is 1. The molecule has 0 aromatic heterocycles. The lowest BCUT2D eigenvalue weighted by molar-refractivity contribution is -0.117. The number of hydrogen-bond donors (Lipinski definition) is 1. The third-order valence-electron chi connectivity index (χ3n) is 5.16. The zero-order valence-electron chi connectivity index (χ0n) is 17.0. The monoisotopic (exact) mass is 415 g/mol. The van der Waals surface area contributed by atoms with Gasteiger partial charge < -0.3 is 10.2 Å². The second-order valence-corrected chi connectivity index (χ2v) is 9.61. The van der Waals surface area contributed by atoms with E-state index in [9.17, 15) is 18.0 Å². The van der Waals surface area contributed by atoms with E-state index in [2.05, 4.69) is 5.32 Å². The Hall–Kier alpha value is -2.71. The van der Waals surface area contributed by atoms with Crippen molar-refractivity contribution in [2.24, 2.45) is 0 Å². The van der Waals surface area contributed by atoms with Gasteiger partial charge in [-0.3, -0.25) is 9.59 Å². The van der Waals surface area contributed by atoms with Crippen molar-refractivity contribution >= 4 is 27.5 Å². The molecule has 29 heavy (non-hydrogen) atoms.